The Morgan fingerprint density at radius 2 is 1.75 bits per heavy atom. The van der Waals surface area contributed by atoms with Crippen LogP contribution in [0.5, 0.6) is 0 Å². The van der Waals surface area contributed by atoms with Gasteiger partial charge in [-0.3, -0.25) is 4.99 Å². The number of benzene rings is 2. The molecule has 0 spiro atoms. The van der Waals surface area contributed by atoms with Crippen LogP contribution in [0.4, 0.5) is 5.69 Å². The molecular weight excluding hydrogens is 332 g/mol. The molecule has 0 aliphatic carbocycles. The van der Waals surface area contributed by atoms with Gasteiger partial charge in [0.25, 0.3) is 0 Å². The Hall–Kier alpha value is -2.30. The third-order valence-corrected chi connectivity index (χ3v) is 5.76. The number of aryl methyl sites for hydroxylation is 2. The number of hydrogen-bond acceptors (Lipinski definition) is 4. The summed E-state index contributed by atoms with van der Waals surface area (Å²) in [5.41, 5.74) is 4.43. The van der Waals surface area contributed by atoms with Gasteiger partial charge in [0.05, 0.1) is 15.9 Å². The second-order valence-electron chi connectivity index (χ2n) is 5.74. The maximum atomic E-state index is 4.73. The summed E-state index contributed by atoms with van der Waals surface area (Å²) in [6.07, 6.45) is 1.92. The minimum Gasteiger partial charge on any atom is -0.255 e. The van der Waals surface area contributed by atoms with Gasteiger partial charge in [-0.15, -0.1) is 22.7 Å². The molecule has 118 valence electrons. The number of rotatable bonds is 3. The van der Waals surface area contributed by atoms with Crippen LogP contribution in [0.2, 0.25) is 0 Å². The van der Waals surface area contributed by atoms with Gasteiger partial charge in [0.15, 0.2) is 0 Å². The van der Waals surface area contributed by atoms with Crippen LogP contribution in [0.1, 0.15) is 15.3 Å². The maximum absolute atomic E-state index is 4.73. The lowest BCUT2D eigenvalue weighted by Crippen LogP contribution is -1.76. The maximum Gasteiger partial charge on any atom is 0.124 e. The lowest BCUT2D eigenvalue weighted by Gasteiger charge is -1.97. The van der Waals surface area contributed by atoms with Crippen LogP contribution in [-0.4, -0.2) is 11.2 Å². The summed E-state index contributed by atoms with van der Waals surface area (Å²) in [5, 5.41) is 1.06. The number of aliphatic imine (C=N–C) groups is 1. The highest BCUT2D eigenvalue weighted by molar-refractivity contribution is 7.21. The zero-order valence-electron chi connectivity index (χ0n) is 13.5. The first-order valence-electron chi connectivity index (χ1n) is 7.75. The second-order valence-corrected chi connectivity index (χ2v) is 8.09. The molecule has 2 aromatic carbocycles. The molecule has 0 bridgehead atoms. The van der Waals surface area contributed by atoms with Crippen molar-refractivity contribution in [3.8, 4) is 10.6 Å². The number of hydrogen-bond donors (Lipinski definition) is 0. The number of thiazole rings is 1. The third kappa shape index (κ3) is 3.16. The molecule has 0 radical (unpaired) electrons. The van der Waals surface area contributed by atoms with Gasteiger partial charge in [0.2, 0.25) is 0 Å². The molecule has 2 heterocycles. The van der Waals surface area contributed by atoms with Gasteiger partial charge < -0.3 is 0 Å². The monoisotopic (exact) mass is 348 g/mol. The predicted molar refractivity (Wildman–Crippen MR) is 106 cm³/mol. The lowest BCUT2D eigenvalue weighted by atomic mass is 10.2. The summed E-state index contributed by atoms with van der Waals surface area (Å²) in [7, 11) is 0. The first-order chi connectivity index (χ1) is 11.7. The van der Waals surface area contributed by atoms with Crippen LogP contribution < -0.4 is 0 Å². The standard InChI is InChI=1S/C20H16N2S2/c1-13-3-10-18-19(11-13)24-20(22-18)15-5-7-16(8-6-15)21-12-17-9-4-14(2)23-17/h3-12H,1-2H3. The Morgan fingerprint density at radius 1 is 0.917 bits per heavy atom. The normalized spacial score (nSPS) is 11.6. The summed E-state index contributed by atoms with van der Waals surface area (Å²) >= 11 is 3.49. The van der Waals surface area contributed by atoms with E-state index in [1.165, 1.54) is 20.0 Å². The number of aromatic nitrogens is 1. The Labute approximate surface area is 149 Å². The van der Waals surface area contributed by atoms with E-state index in [2.05, 4.69) is 61.3 Å². The number of nitrogens with zero attached hydrogens (tertiary/aromatic N) is 2. The van der Waals surface area contributed by atoms with Crippen molar-refractivity contribution in [1.29, 1.82) is 0 Å². The fourth-order valence-electron chi connectivity index (χ4n) is 2.51. The van der Waals surface area contributed by atoms with Gasteiger partial charge >= 0.3 is 0 Å². The van der Waals surface area contributed by atoms with Crippen LogP contribution in [0.3, 0.4) is 0 Å². The molecule has 0 saturated carbocycles. The molecule has 4 rings (SSSR count). The van der Waals surface area contributed by atoms with Gasteiger partial charge in [-0.1, -0.05) is 6.07 Å². The van der Waals surface area contributed by atoms with Crippen molar-refractivity contribution >= 4 is 44.8 Å². The molecule has 0 amide bonds. The zero-order chi connectivity index (χ0) is 16.5. The molecule has 0 unspecified atom stereocenters. The van der Waals surface area contributed by atoms with Gasteiger partial charge in [0, 0.05) is 21.5 Å². The SMILES string of the molecule is Cc1ccc2nc(-c3ccc(N=Cc4ccc(C)s4)cc3)sc2c1. The van der Waals surface area contributed by atoms with E-state index < -0.39 is 0 Å². The van der Waals surface area contributed by atoms with Crippen LogP contribution in [-0.2, 0) is 0 Å². The summed E-state index contributed by atoms with van der Waals surface area (Å²) in [6, 6.07) is 18.9. The van der Waals surface area contributed by atoms with E-state index in [0.29, 0.717) is 0 Å². The first-order valence-corrected chi connectivity index (χ1v) is 9.39. The van der Waals surface area contributed by atoms with E-state index >= 15 is 0 Å². The number of thiophene rings is 1. The predicted octanol–water partition coefficient (Wildman–Crippen LogP) is 6.39. The molecule has 2 aromatic heterocycles. The Bertz CT molecular complexity index is 1020. The smallest absolute Gasteiger partial charge is 0.124 e. The molecule has 0 aliphatic rings. The molecule has 0 atom stereocenters. The van der Waals surface area contributed by atoms with Crippen LogP contribution in [0.25, 0.3) is 20.8 Å². The molecule has 0 N–H and O–H groups in total. The lowest BCUT2D eigenvalue weighted by molar-refractivity contribution is 1.45. The summed E-state index contributed by atoms with van der Waals surface area (Å²) in [6.45, 7) is 4.22. The van der Waals surface area contributed by atoms with Crippen molar-refractivity contribution in [2.45, 2.75) is 13.8 Å². The zero-order valence-corrected chi connectivity index (χ0v) is 15.1. The Kier molecular flexibility index (Phi) is 4.00. The van der Waals surface area contributed by atoms with Crippen LogP contribution in [0, 0.1) is 13.8 Å². The molecule has 24 heavy (non-hydrogen) atoms. The average molecular weight is 348 g/mol. The largest absolute Gasteiger partial charge is 0.255 e. The van der Waals surface area contributed by atoms with E-state index in [9.17, 15) is 0 Å². The van der Waals surface area contributed by atoms with Gasteiger partial charge in [-0.05, 0) is 67.9 Å². The fourth-order valence-corrected chi connectivity index (χ4v) is 4.33. The molecule has 0 aliphatic heterocycles. The van der Waals surface area contributed by atoms with Crippen LogP contribution in [0.15, 0.2) is 59.6 Å². The van der Waals surface area contributed by atoms with Gasteiger partial charge in [0.1, 0.15) is 5.01 Å². The first kappa shape index (κ1) is 15.2. The highest BCUT2D eigenvalue weighted by atomic mass is 32.1. The molecule has 0 saturated heterocycles. The Morgan fingerprint density at radius 3 is 2.50 bits per heavy atom. The van der Waals surface area contributed by atoms with Crippen molar-refractivity contribution in [2.75, 3.05) is 0 Å². The molecule has 4 heteroatoms. The molecular formula is C20H16N2S2. The Balaban J connectivity index is 1.59. The van der Waals surface area contributed by atoms with E-state index in [1.807, 2.05) is 18.3 Å². The molecule has 2 nitrogen and oxygen atoms in total. The molecule has 0 fully saturated rings. The summed E-state index contributed by atoms with van der Waals surface area (Å²) < 4.78 is 1.24. The van der Waals surface area contributed by atoms with Gasteiger partial charge in [-0.2, -0.15) is 0 Å². The summed E-state index contributed by atoms with van der Waals surface area (Å²) in [4.78, 5) is 11.8. The third-order valence-electron chi connectivity index (χ3n) is 3.76. The topological polar surface area (TPSA) is 25.2 Å². The van der Waals surface area contributed by atoms with E-state index in [4.69, 9.17) is 4.98 Å². The van der Waals surface area contributed by atoms with E-state index in [0.717, 1.165) is 21.8 Å². The van der Waals surface area contributed by atoms with Gasteiger partial charge in [-0.25, -0.2) is 4.98 Å². The van der Waals surface area contributed by atoms with Crippen molar-refractivity contribution in [1.82, 2.24) is 4.98 Å². The quantitative estimate of drug-likeness (QED) is 0.394. The average Bonchev–Trinajstić information content (AvgIpc) is 3.19. The second kappa shape index (κ2) is 6.30. The minimum absolute atomic E-state index is 0.960. The molecule has 4 aromatic rings. The van der Waals surface area contributed by atoms with Crippen molar-refractivity contribution in [3.63, 3.8) is 0 Å². The van der Waals surface area contributed by atoms with Crippen molar-refractivity contribution in [2.24, 2.45) is 4.99 Å². The van der Waals surface area contributed by atoms with E-state index in [-0.39, 0.29) is 0 Å². The summed E-state index contributed by atoms with van der Waals surface area (Å²) in [5.74, 6) is 0. The van der Waals surface area contributed by atoms with Crippen LogP contribution >= 0.6 is 22.7 Å². The fraction of sp³-hybridized carbons (Fsp3) is 0.100. The highest BCUT2D eigenvalue weighted by Crippen LogP contribution is 2.31. The van der Waals surface area contributed by atoms with Crippen molar-refractivity contribution < 1.29 is 0 Å². The van der Waals surface area contributed by atoms with Crippen molar-refractivity contribution in [3.05, 3.63) is 69.9 Å². The number of fused-ring (bicyclic) bond motifs is 1. The highest BCUT2D eigenvalue weighted by Gasteiger charge is 2.06. The minimum atomic E-state index is 0.960. The van der Waals surface area contributed by atoms with E-state index in [1.54, 1.807) is 22.7 Å².